The van der Waals surface area contributed by atoms with E-state index in [1.54, 1.807) is 12.2 Å². The minimum atomic E-state index is -4.11. The van der Waals surface area contributed by atoms with E-state index in [9.17, 15) is 28.5 Å². The first kappa shape index (κ1) is 57.0. The van der Waals surface area contributed by atoms with Crippen molar-refractivity contribution in [1.29, 1.82) is 0 Å². The third-order valence-corrected chi connectivity index (χ3v) is 16.0. The number of hydrogen-bond donors (Lipinski definition) is 6. The van der Waals surface area contributed by atoms with E-state index in [-0.39, 0.29) is 60.7 Å². The second-order valence-electron chi connectivity index (χ2n) is 18.4. The van der Waals surface area contributed by atoms with Gasteiger partial charge in [0.2, 0.25) is 11.8 Å². The molecule has 70 heavy (non-hydrogen) atoms. The average Bonchev–Trinajstić information content (AvgIpc) is 4.01. The molecule has 22 heteroatoms. The van der Waals surface area contributed by atoms with Gasteiger partial charge in [-0.15, -0.1) is 10.2 Å². The molecule has 2 amide bonds. The summed E-state index contributed by atoms with van der Waals surface area (Å²) in [7, 11) is -8.21. The van der Waals surface area contributed by atoms with E-state index in [4.69, 9.17) is 30.0 Å². The van der Waals surface area contributed by atoms with Gasteiger partial charge in [-0.2, -0.15) is 0 Å². The zero-order valence-electron chi connectivity index (χ0n) is 41.9. The molecule has 3 aromatic rings. The fraction of sp³-hybridized carbons (Fsp3) is 0.667. The summed E-state index contributed by atoms with van der Waals surface area (Å²) >= 11 is 0. The standard InChI is InChI=1S/C48H78N10O10P2/c1-7-37(8-2)67-45-29-39(27-41(49)47(45)51-33(5)59)69(61,62)65-25-17-13-11-15-23-57-31-43(53-55-57)35-19-21-36(22-20-35)44-32-58(56-54-44)24-16-12-14-18-26-66-70(63,64)40-28-42(50)48(52-34(6)60)46(30-40)68-38(9-3)10-4/h19-22,29-32,37-38,41-42,45-48H,7-18,23-28,49-50H2,1-6H3,(H,51,59)(H,52,60)(H,61,62)(H,63,64)/t41-,42-,45+,46+,47+,48+/m0/s1. The van der Waals surface area contributed by atoms with Crippen LogP contribution in [0.2, 0.25) is 0 Å². The van der Waals surface area contributed by atoms with Gasteiger partial charge in [-0.25, -0.2) is 0 Å². The van der Waals surface area contributed by atoms with Crippen LogP contribution in [0.4, 0.5) is 0 Å². The number of amides is 2. The predicted octanol–water partition coefficient (Wildman–Crippen LogP) is 7.12. The molecule has 2 aliphatic carbocycles. The lowest BCUT2D eigenvalue weighted by atomic mass is 9.93. The summed E-state index contributed by atoms with van der Waals surface area (Å²) < 4.78 is 53.7. The maximum Gasteiger partial charge on any atom is 0.354 e. The van der Waals surface area contributed by atoms with Gasteiger partial charge in [0, 0.05) is 60.8 Å². The molecule has 1 aromatic carbocycles. The van der Waals surface area contributed by atoms with Gasteiger partial charge in [0.15, 0.2) is 0 Å². The minimum Gasteiger partial charge on any atom is -0.369 e. The van der Waals surface area contributed by atoms with Gasteiger partial charge in [-0.1, -0.05) is 88.1 Å². The van der Waals surface area contributed by atoms with Crippen LogP contribution in [0.25, 0.3) is 22.5 Å². The van der Waals surface area contributed by atoms with E-state index in [1.165, 1.54) is 13.8 Å². The topological polar surface area (TPSA) is 283 Å². The first-order valence-electron chi connectivity index (χ1n) is 25.1. The van der Waals surface area contributed by atoms with Crippen molar-refractivity contribution in [2.45, 2.75) is 193 Å². The molecule has 2 aliphatic rings. The van der Waals surface area contributed by atoms with E-state index in [0.717, 1.165) is 86.7 Å². The summed E-state index contributed by atoms with van der Waals surface area (Å²) in [5.74, 6) is -0.478. The van der Waals surface area contributed by atoms with Gasteiger partial charge in [0.25, 0.3) is 0 Å². The van der Waals surface area contributed by atoms with Crippen LogP contribution in [0.3, 0.4) is 0 Å². The van der Waals surface area contributed by atoms with Crippen LogP contribution in [0, 0.1) is 0 Å². The highest BCUT2D eigenvalue weighted by Crippen LogP contribution is 2.55. The van der Waals surface area contributed by atoms with E-state index in [1.807, 2.05) is 73.7 Å². The number of benzene rings is 1. The molecule has 0 fully saturated rings. The number of rotatable bonds is 30. The lowest BCUT2D eigenvalue weighted by Gasteiger charge is -2.37. The molecule has 2 heterocycles. The number of nitrogens with zero attached hydrogens (tertiary/aromatic N) is 6. The Kier molecular flexibility index (Phi) is 22.6. The maximum absolute atomic E-state index is 13.3. The van der Waals surface area contributed by atoms with Gasteiger partial charge in [-0.05, 0) is 76.4 Å². The summed E-state index contributed by atoms with van der Waals surface area (Å²) in [4.78, 5) is 45.5. The van der Waals surface area contributed by atoms with Crippen LogP contribution < -0.4 is 22.1 Å². The van der Waals surface area contributed by atoms with Crippen molar-refractivity contribution in [1.82, 2.24) is 40.6 Å². The molecule has 8 atom stereocenters. The Morgan fingerprint density at radius 2 is 1.00 bits per heavy atom. The highest BCUT2D eigenvalue weighted by Gasteiger charge is 2.41. The quantitative estimate of drug-likeness (QED) is 0.0286. The summed E-state index contributed by atoms with van der Waals surface area (Å²) in [5.41, 5.74) is 16.1. The third-order valence-electron chi connectivity index (χ3n) is 12.9. The number of carbonyl (C=O) groups excluding carboxylic acids is 2. The summed E-state index contributed by atoms with van der Waals surface area (Å²) in [6.45, 7) is 12.5. The fourth-order valence-electron chi connectivity index (χ4n) is 8.76. The van der Waals surface area contributed by atoms with Gasteiger partial charge in [-0.3, -0.25) is 28.1 Å². The van der Waals surface area contributed by atoms with Crippen LogP contribution in [-0.2, 0) is 50.3 Å². The molecule has 0 radical (unpaired) electrons. The predicted molar refractivity (Wildman–Crippen MR) is 268 cm³/mol. The van der Waals surface area contributed by atoms with Crippen LogP contribution in [0.5, 0.6) is 0 Å². The molecule has 2 aromatic heterocycles. The Hall–Kier alpha value is -3.94. The SMILES string of the molecule is CCC(CC)O[C@@H]1C=C(P(=O)(O)OCCCCCCn2cc(-c3ccc(-c4cn(CCCCCCOP(=O)(O)C5=C[C@@H](OC(CC)CC)[C@H](NC(C)=O)[C@@H](N)C5)nn4)cc3)nn2)C[C@H](N)[C@H]1NC(C)=O. The smallest absolute Gasteiger partial charge is 0.354 e. The number of unbranched alkanes of at least 4 members (excludes halogenated alkanes) is 6. The minimum absolute atomic E-state index is 0.0755. The van der Waals surface area contributed by atoms with Crippen molar-refractivity contribution in [3.8, 4) is 22.5 Å². The molecule has 390 valence electrons. The number of ether oxygens (including phenoxy) is 2. The van der Waals surface area contributed by atoms with Crippen LogP contribution in [0.1, 0.15) is 131 Å². The van der Waals surface area contributed by atoms with Crippen molar-refractivity contribution < 1.29 is 47.0 Å². The van der Waals surface area contributed by atoms with Crippen molar-refractivity contribution in [3.05, 3.63) is 59.4 Å². The third kappa shape index (κ3) is 17.1. The molecule has 0 aliphatic heterocycles. The second kappa shape index (κ2) is 27.8. The molecule has 5 rings (SSSR count). The van der Waals surface area contributed by atoms with E-state index in [0.29, 0.717) is 25.9 Å². The molecule has 2 unspecified atom stereocenters. The van der Waals surface area contributed by atoms with Crippen LogP contribution >= 0.6 is 15.2 Å². The number of aromatic nitrogens is 6. The monoisotopic (exact) mass is 1020 g/mol. The summed E-state index contributed by atoms with van der Waals surface area (Å²) in [6.07, 6.45) is 15.2. The van der Waals surface area contributed by atoms with Crippen molar-refractivity contribution in [2.24, 2.45) is 11.5 Å². The highest BCUT2D eigenvalue weighted by atomic mass is 31.2. The first-order chi connectivity index (χ1) is 33.5. The molecule has 0 saturated carbocycles. The van der Waals surface area contributed by atoms with Gasteiger partial charge in [0.1, 0.15) is 11.4 Å². The molecule has 0 bridgehead atoms. The Labute approximate surface area is 413 Å². The number of nitrogens with two attached hydrogens (primary N) is 2. The Bertz CT molecular complexity index is 2110. The van der Waals surface area contributed by atoms with Crippen molar-refractivity contribution >= 4 is 27.0 Å². The fourth-order valence-corrected chi connectivity index (χ4v) is 11.4. The lowest BCUT2D eigenvalue weighted by Crippen LogP contribution is -2.56. The molecule has 8 N–H and O–H groups in total. The van der Waals surface area contributed by atoms with Crippen molar-refractivity contribution in [2.75, 3.05) is 13.2 Å². The number of carbonyl (C=O) groups is 2. The summed E-state index contributed by atoms with van der Waals surface area (Å²) in [5, 5.41) is 23.5. The number of nitrogens with one attached hydrogen (secondary N) is 2. The zero-order chi connectivity index (χ0) is 50.8. The van der Waals surface area contributed by atoms with Crippen LogP contribution in [-0.4, -0.2) is 113 Å². The number of hydrogen-bond acceptors (Lipinski definition) is 14. The zero-order valence-corrected chi connectivity index (χ0v) is 43.6. The molecule has 0 spiro atoms. The average molecular weight is 1020 g/mol. The molecular weight excluding hydrogens is 939 g/mol. The molecular formula is C48H78N10O10P2. The van der Waals surface area contributed by atoms with Gasteiger partial charge in [0.05, 0.1) is 62.1 Å². The maximum atomic E-state index is 13.3. The van der Waals surface area contributed by atoms with Crippen LogP contribution in [0.15, 0.2) is 59.4 Å². The first-order valence-corrected chi connectivity index (χ1v) is 28.3. The molecule has 0 saturated heterocycles. The lowest BCUT2D eigenvalue weighted by molar-refractivity contribution is -0.122. The largest absolute Gasteiger partial charge is 0.369 e. The number of aryl methyl sites for hydroxylation is 2. The van der Waals surface area contributed by atoms with Crippen molar-refractivity contribution in [3.63, 3.8) is 0 Å². The Morgan fingerprint density at radius 1 is 0.643 bits per heavy atom. The van der Waals surface area contributed by atoms with Gasteiger partial charge >= 0.3 is 15.2 Å². The van der Waals surface area contributed by atoms with E-state index >= 15 is 0 Å². The van der Waals surface area contributed by atoms with Gasteiger partial charge < -0.3 is 50.4 Å². The highest BCUT2D eigenvalue weighted by molar-refractivity contribution is 7.57. The van der Waals surface area contributed by atoms with E-state index in [2.05, 4.69) is 31.3 Å². The summed E-state index contributed by atoms with van der Waals surface area (Å²) in [6, 6.07) is 5.74. The molecule has 20 nitrogen and oxygen atoms in total. The Balaban J connectivity index is 0.981. The van der Waals surface area contributed by atoms with E-state index < -0.39 is 51.6 Å². The normalized spacial score (nSPS) is 22.3. The second-order valence-corrected chi connectivity index (χ2v) is 22.2. The Morgan fingerprint density at radius 3 is 1.34 bits per heavy atom.